The van der Waals surface area contributed by atoms with Crippen molar-refractivity contribution in [2.45, 2.75) is 31.8 Å². The van der Waals surface area contributed by atoms with Gasteiger partial charge >= 0.3 is 0 Å². The van der Waals surface area contributed by atoms with Crippen molar-refractivity contribution in [3.8, 4) is 0 Å². The number of nitrogens with zero attached hydrogens (tertiary/aromatic N) is 2. The molecule has 1 unspecified atom stereocenters. The number of hydrogen-bond acceptors (Lipinski definition) is 3. The Morgan fingerprint density at radius 1 is 1.11 bits per heavy atom. The van der Waals surface area contributed by atoms with Crippen molar-refractivity contribution in [1.29, 1.82) is 0 Å². The molecule has 1 aliphatic heterocycles. The summed E-state index contributed by atoms with van der Waals surface area (Å²) in [4.78, 5) is 5.22. The highest BCUT2D eigenvalue weighted by molar-refractivity contribution is 5.55. The minimum absolute atomic E-state index is 0.415. The van der Waals surface area contributed by atoms with Crippen molar-refractivity contribution < 1.29 is 0 Å². The van der Waals surface area contributed by atoms with Gasteiger partial charge in [-0.1, -0.05) is 18.2 Å². The van der Waals surface area contributed by atoms with E-state index in [1.54, 1.807) is 0 Å². The SMILES string of the molecule is CNC(C)c1ccccc1N1CCN(C2CC2)CC1. The topological polar surface area (TPSA) is 18.5 Å². The van der Waals surface area contributed by atoms with Crippen molar-refractivity contribution in [1.82, 2.24) is 10.2 Å². The molecule has 1 heterocycles. The van der Waals surface area contributed by atoms with Crippen LogP contribution in [0.3, 0.4) is 0 Å². The normalized spacial score (nSPS) is 22.5. The van der Waals surface area contributed by atoms with E-state index in [9.17, 15) is 0 Å². The summed E-state index contributed by atoms with van der Waals surface area (Å²) in [6, 6.07) is 10.2. The summed E-state index contributed by atoms with van der Waals surface area (Å²) >= 11 is 0. The average Bonchev–Trinajstić information content (AvgIpc) is 3.31. The molecule has 1 aromatic rings. The molecular formula is C16H25N3. The van der Waals surface area contributed by atoms with Crippen LogP contribution >= 0.6 is 0 Å². The van der Waals surface area contributed by atoms with E-state index >= 15 is 0 Å². The minimum atomic E-state index is 0.415. The zero-order valence-corrected chi connectivity index (χ0v) is 12.1. The second kappa shape index (κ2) is 5.51. The fourth-order valence-corrected chi connectivity index (χ4v) is 3.06. The van der Waals surface area contributed by atoms with E-state index in [1.165, 1.54) is 50.3 Å². The van der Waals surface area contributed by atoms with E-state index in [4.69, 9.17) is 0 Å². The molecule has 2 aliphatic rings. The molecular weight excluding hydrogens is 234 g/mol. The lowest BCUT2D eigenvalue weighted by Crippen LogP contribution is -2.47. The zero-order valence-electron chi connectivity index (χ0n) is 12.1. The standard InChI is InChI=1S/C16H25N3/c1-13(17-2)15-5-3-4-6-16(15)19-11-9-18(10-12-19)14-7-8-14/h3-6,13-14,17H,7-12H2,1-2H3. The number of piperazine rings is 1. The molecule has 1 atom stereocenters. The Hall–Kier alpha value is -1.06. The second-order valence-electron chi connectivity index (χ2n) is 5.82. The van der Waals surface area contributed by atoms with Crippen LogP contribution in [0.2, 0.25) is 0 Å². The van der Waals surface area contributed by atoms with Crippen molar-refractivity contribution in [3.63, 3.8) is 0 Å². The maximum atomic E-state index is 3.36. The van der Waals surface area contributed by atoms with Gasteiger partial charge < -0.3 is 10.2 Å². The van der Waals surface area contributed by atoms with Crippen LogP contribution in [0.5, 0.6) is 0 Å². The largest absolute Gasteiger partial charge is 0.369 e. The van der Waals surface area contributed by atoms with E-state index < -0.39 is 0 Å². The van der Waals surface area contributed by atoms with E-state index in [-0.39, 0.29) is 0 Å². The van der Waals surface area contributed by atoms with Crippen LogP contribution in [0.25, 0.3) is 0 Å². The summed E-state index contributed by atoms with van der Waals surface area (Å²) in [6.45, 7) is 7.03. The second-order valence-corrected chi connectivity index (χ2v) is 5.82. The molecule has 3 rings (SSSR count). The van der Waals surface area contributed by atoms with Crippen LogP contribution < -0.4 is 10.2 Å². The molecule has 3 nitrogen and oxygen atoms in total. The molecule has 0 spiro atoms. The lowest BCUT2D eigenvalue weighted by Gasteiger charge is -2.37. The van der Waals surface area contributed by atoms with E-state index in [0.717, 1.165) is 6.04 Å². The number of nitrogens with one attached hydrogen (secondary N) is 1. The first-order valence-corrected chi connectivity index (χ1v) is 7.55. The Morgan fingerprint density at radius 3 is 2.42 bits per heavy atom. The van der Waals surface area contributed by atoms with Crippen LogP contribution in [-0.2, 0) is 0 Å². The summed E-state index contributed by atoms with van der Waals surface area (Å²) in [6.07, 6.45) is 2.85. The molecule has 3 heteroatoms. The van der Waals surface area contributed by atoms with Gasteiger partial charge in [0.15, 0.2) is 0 Å². The molecule has 104 valence electrons. The number of benzene rings is 1. The molecule has 1 aromatic carbocycles. The van der Waals surface area contributed by atoms with Crippen LogP contribution in [0, 0.1) is 0 Å². The summed E-state index contributed by atoms with van der Waals surface area (Å²) in [5, 5.41) is 3.36. The third-order valence-electron chi connectivity index (χ3n) is 4.55. The fourth-order valence-electron chi connectivity index (χ4n) is 3.06. The van der Waals surface area contributed by atoms with Gasteiger partial charge in [0.25, 0.3) is 0 Å². The lowest BCUT2D eigenvalue weighted by molar-refractivity contribution is 0.248. The number of anilines is 1. The third-order valence-corrected chi connectivity index (χ3v) is 4.55. The number of para-hydroxylation sites is 1. The summed E-state index contributed by atoms with van der Waals surface area (Å²) < 4.78 is 0. The fraction of sp³-hybridized carbons (Fsp3) is 0.625. The maximum Gasteiger partial charge on any atom is 0.0415 e. The molecule has 0 amide bonds. The van der Waals surface area contributed by atoms with Crippen molar-refractivity contribution in [3.05, 3.63) is 29.8 Å². The lowest BCUT2D eigenvalue weighted by atomic mass is 10.0. The third kappa shape index (κ3) is 2.77. The van der Waals surface area contributed by atoms with Crippen LogP contribution in [0.15, 0.2) is 24.3 Å². The van der Waals surface area contributed by atoms with Gasteiger partial charge in [-0.15, -0.1) is 0 Å². The van der Waals surface area contributed by atoms with E-state index in [0.29, 0.717) is 6.04 Å². The Labute approximate surface area is 116 Å². The van der Waals surface area contributed by atoms with Gasteiger partial charge in [0, 0.05) is 44.0 Å². The van der Waals surface area contributed by atoms with Gasteiger partial charge in [-0.3, -0.25) is 4.90 Å². The van der Waals surface area contributed by atoms with Crippen LogP contribution in [0.1, 0.15) is 31.4 Å². The van der Waals surface area contributed by atoms with Gasteiger partial charge in [-0.2, -0.15) is 0 Å². The van der Waals surface area contributed by atoms with Gasteiger partial charge in [-0.05, 0) is 38.4 Å². The average molecular weight is 259 g/mol. The highest BCUT2D eigenvalue weighted by Gasteiger charge is 2.31. The molecule has 19 heavy (non-hydrogen) atoms. The van der Waals surface area contributed by atoms with Crippen LogP contribution in [0.4, 0.5) is 5.69 Å². The van der Waals surface area contributed by atoms with Gasteiger partial charge in [0.2, 0.25) is 0 Å². The highest BCUT2D eigenvalue weighted by atomic mass is 15.3. The first-order valence-electron chi connectivity index (χ1n) is 7.55. The maximum absolute atomic E-state index is 3.36. The first-order chi connectivity index (χ1) is 9.29. The van der Waals surface area contributed by atoms with Gasteiger partial charge in [0.1, 0.15) is 0 Å². The quantitative estimate of drug-likeness (QED) is 0.895. The Morgan fingerprint density at radius 2 is 1.79 bits per heavy atom. The molecule has 0 bridgehead atoms. The smallest absolute Gasteiger partial charge is 0.0415 e. The predicted molar refractivity (Wildman–Crippen MR) is 80.7 cm³/mol. The number of hydrogen-bond donors (Lipinski definition) is 1. The van der Waals surface area contributed by atoms with Gasteiger partial charge in [-0.25, -0.2) is 0 Å². The minimum Gasteiger partial charge on any atom is -0.369 e. The molecule has 1 saturated heterocycles. The van der Waals surface area contributed by atoms with Crippen LogP contribution in [-0.4, -0.2) is 44.2 Å². The van der Waals surface area contributed by atoms with Crippen molar-refractivity contribution in [2.75, 3.05) is 38.1 Å². The molecule has 0 radical (unpaired) electrons. The molecule has 1 N–H and O–H groups in total. The van der Waals surface area contributed by atoms with Crippen molar-refractivity contribution >= 4 is 5.69 Å². The number of rotatable bonds is 4. The summed E-state index contributed by atoms with van der Waals surface area (Å²) in [5.41, 5.74) is 2.84. The zero-order chi connectivity index (χ0) is 13.2. The molecule has 0 aromatic heterocycles. The first kappa shape index (κ1) is 12.9. The molecule has 1 saturated carbocycles. The molecule has 1 aliphatic carbocycles. The van der Waals surface area contributed by atoms with Crippen molar-refractivity contribution in [2.24, 2.45) is 0 Å². The van der Waals surface area contributed by atoms with E-state index in [1.807, 2.05) is 7.05 Å². The predicted octanol–water partition coefficient (Wildman–Crippen LogP) is 2.25. The highest BCUT2D eigenvalue weighted by Crippen LogP contribution is 2.30. The summed E-state index contributed by atoms with van der Waals surface area (Å²) in [5.74, 6) is 0. The summed E-state index contributed by atoms with van der Waals surface area (Å²) in [7, 11) is 2.03. The Kier molecular flexibility index (Phi) is 3.76. The van der Waals surface area contributed by atoms with E-state index in [2.05, 4.69) is 46.3 Å². The Balaban J connectivity index is 1.71. The van der Waals surface area contributed by atoms with Gasteiger partial charge in [0.05, 0.1) is 0 Å². The molecule has 2 fully saturated rings. The Bertz CT molecular complexity index is 420. The monoisotopic (exact) mass is 259 g/mol.